The van der Waals surface area contributed by atoms with E-state index >= 15 is 4.39 Å². The standard InChI is InChI=1S/C43H51FN8O4/c1-26-20-32-37(49(3)43(26)56)22-30(23-38(32)52-19-18-48(2)36-7-4-29(41(45)54)21-39(36)52)28-12-14-50(15-13-28)25-27-10-16-51(17-11-27)35-8-5-31(24-33(35)44)46-34-6-9-40(53)47-42(34)55/h4-5,7-8,20-24,27-28,34,46H,6,9-19,25H2,1-3H3,(H2,45,54)(H,47,53,55). The minimum absolute atomic E-state index is 0.00204. The zero-order valence-corrected chi connectivity index (χ0v) is 32.4. The molecule has 4 aromatic rings. The molecule has 294 valence electrons. The lowest BCUT2D eigenvalue weighted by atomic mass is 9.87. The number of hydrogen-bond acceptors (Lipinski definition) is 9. The topological polar surface area (TPSA) is 136 Å². The van der Waals surface area contributed by atoms with Gasteiger partial charge in [-0.25, -0.2) is 4.39 Å². The largest absolute Gasteiger partial charge is 0.374 e. The van der Waals surface area contributed by atoms with Gasteiger partial charge in [0, 0.05) is 75.4 Å². The van der Waals surface area contributed by atoms with E-state index in [2.05, 4.69) is 49.4 Å². The van der Waals surface area contributed by atoms with Crippen molar-refractivity contribution in [1.82, 2.24) is 14.8 Å². The van der Waals surface area contributed by atoms with Gasteiger partial charge in [-0.2, -0.15) is 0 Å². The second-order valence-electron chi connectivity index (χ2n) is 16.1. The Labute approximate surface area is 326 Å². The Morgan fingerprint density at radius 3 is 2.30 bits per heavy atom. The van der Waals surface area contributed by atoms with Crippen LogP contribution in [0.25, 0.3) is 10.9 Å². The van der Waals surface area contributed by atoms with Gasteiger partial charge in [0.25, 0.3) is 5.56 Å². The van der Waals surface area contributed by atoms with Crippen LogP contribution < -0.4 is 36.6 Å². The fraction of sp³-hybridized carbons (Fsp3) is 0.442. The molecule has 4 aliphatic rings. The number of fused-ring (bicyclic) bond motifs is 2. The molecule has 0 bridgehead atoms. The van der Waals surface area contributed by atoms with E-state index in [0.29, 0.717) is 40.8 Å². The molecule has 8 rings (SSSR count). The van der Waals surface area contributed by atoms with Crippen LogP contribution in [0.2, 0.25) is 0 Å². The number of hydrogen-bond donors (Lipinski definition) is 3. The highest BCUT2D eigenvalue weighted by atomic mass is 19.1. The van der Waals surface area contributed by atoms with E-state index in [1.165, 1.54) is 11.6 Å². The lowest BCUT2D eigenvalue weighted by molar-refractivity contribution is -0.133. The highest BCUT2D eigenvalue weighted by molar-refractivity contribution is 6.02. The van der Waals surface area contributed by atoms with Crippen LogP contribution in [-0.2, 0) is 16.6 Å². The molecular weight excluding hydrogens is 712 g/mol. The van der Waals surface area contributed by atoms with E-state index in [1.54, 1.807) is 22.8 Å². The van der Waals surface area contributed by atoms with E-state index in [4.69, 9.17) is 5.73 Å². The highest BCUT2D eigenvalue weighted by Crippen LogP contribution is 2.43. The van der Waals surface area contributed by atoms with Gasteiger partial charge in [-0.3, -0.25) is 24.5 Å². The summed E-state index contributed by atoms with van der Waals surface area (Å²) < 4.78 is 17.1. The Hall–Kier alpha value is -5.43. The number of anilines is 5. The number of carbonyl (C=O) groups excluding carboxylic acids is 3. The van der Waals surface area contributed by atoms with Gasteiger partial charge in [-0.1, -0.05) is 0 Å². The van der Waals surface area contributed by atoms with Crippen molar-refractivity contribution in [3.05, 3.63) is 87.5 Å². The van der Waals surface area contributed by atoms with Gasteiger partial charge in [0.1, 0.15) is 11.9 Å². The van der Waals surface area contributed by atoms with Gasteiger partial charge in [0.15, 0.2) is 0 Å². The molecule has 4 aliphatic heterocycles. The summed E-state index contributed by atoms with van der Waals surface area (Å²) in [5.74, 6) is -0.559. The molecule has 3 fully saturated rings. The minimum atomic E-state index is -0.553. The van der Waals surface area contributed by atoms with Crippen LogP contribution in [0.15, 0.2) is 59.4 Å². The van der Waals surface area contributed by atoms with Crippen LogP contribution in [-0.4, -0.2) is 86.1 Å². The summed E-state index contributed by atoms with van der Waals surface area (Å²) in [5, 5.41) is 6.41. The first-order chi connectivity index (χ1) is 26.9. The van der Waals surface area contributed by atoms with Gasteiger partial charge in [-0.15, -0.1) is 0 Å². The SMILES string of the molecule is Cc1cc2c(N3CCN(C)c4ccc(C(N)=O)cc43)cc(C3CCN(CC4CCN(c5ccc(NC6CCC(=O)NC6=O)cc5F)CC4)CC3)cc2n(C)c1=O. The first-order valence-electron chi connectivity index (χ1n) is 19.9. The normalized spacial score (nSPS) is 20.0. The molecule has 0 radical (unpaired) electrons. The molecule has 1 unspecified atom stereocenters. The summed E-state index contributed by atoms with van der Waals surface area (Å²) in [6.45, 7) is 7.96. The van der Waals surface area contributed by atoms with Gasteiger partial charge >= 0.3 is 0 Å². The van der Waals surface area contributed by atoms with Crippen LogP contribution in [0.1, 0.15) is 65.9 Å². The molecule has 13 heteroatoms. The van der Waals surface area contributed by atoms with Crippen molar-refractivity contribution < 1.29 is 18.8 Å². The first kappa shape index (κ1) is 37.5. The molecule has 0 aliphatic carbocycles. The van der Waals surface area contributed by atoms with Crippen molar-refractivity contribution in [1.29, 1.82) is 0 Å². The van der Waals surface area contributed by atoms with E-state index in [-0.39, 0.29) is 29.6 Å². The number of likely N-dealkylation sites (tertiary alicyclic amines) is 1. The maximum atomic E-state index is 15.3. The molecular formula is C43H51FN8O4. The molecule has 5 heterocycles. The summed E-state index contributed by atoms with van der Waals surface area (Å²) in [6, 6.07) is 16.6. The number of rotatable bonds is 8. The Morgan fingerprint density at radius 1 is 0.839 bits per heavy atom. The van der Waals surface area contributed by atoms with Crippen LogP contribution in [0.4, 0.5) is 32.8 Å². The molecule has 1 atom stereocenters. The first-order valence-corrected chi connectivity index (χ1v) is 19.9. The zero-order valence-electron chi connectivity index (χ0n) is 32.4. The smallest absolute Gasteiger partial charge is 0.253 e. The zero-order chi connectivity index (χ0) is 39.2. The molecule has 56 heavy (non-hydrogen) atoms. The second-order valence-corrected chi connectivity index (χ2v) is 16.1. The number of likely N-dealkylation sites (N-methyl/N-ethyl adjacent to an activating group) is 1. The predicted octanol–water partition coefficient (Wildman–Crippen LogP) is 4.99. The van der Waals surface area contributed by atoms with Crippen molar-refractivity contribution in [2.24, 2.45) is 18.7 Å². The Balaban J connectivity index is 0.931. The third-order valence-corrected chi connectivity index (χ3v) is 12.5. The number of nitrogens with two attached hydrogens (primary N) is 1. The average molecular weight is 763 g/mol. The molecule has 3 saturated heterocycles. The van der Waals surface area contributed by atoms with Crippen LogP contribution in [0.5, 0.6) is 0 Å². The predicted molar refractivity (Wildman–Crippen MR) is 219 cm³/mol. The van der Waals surface area contributed by atoms with Crippen molar-refractivity contribution in [3.8, 4) is 0 Å². The third-order valence-electron chi connectivity index (χ3n) is 12.5. The van der Waals surface area contributed by atoms with E-state index in [1.807, 2.05) is 32.2 Å². The quantitative estimate of drug-likeness (QED) is 0.212. The lowest BCUT2D eigenvalue weighted by Gasteiger charge is -2.39. The Kier molecular flexibility index (Phi) is 10.2. The van der Waals surface area contributed by atoms with E-state index < -0.39 is 11.9 Å². The minimum Gasteiger partial charge on any atom is -0.374 e. The Bertz CT molecular complexity index is 2260. The van der Waals surface area contributed by atoms with E-state index in [9.17, 15) is 19.2 Å². The number of primary amides is 1. The van der Waals surface area contributed by atoms with Crippen LogP contribution in [0.3, 0.4) is 0 Å². The number of nitrogens with zero attached hydrogens (tertiary/aromatic N) is 5. The van der Waals surface area contributed by atoms with Crippen molar-refractivity contribution >= 4 is 57.1 Å². The number of nitrogens with one attached hydrogen (secondary N) is 2. The van der Waals surface area contributed by atoms with Crippen LogP contribution >= 0.6 is 0 Å². The number of benzene rings is 3. The van der Waals surface area contributed by atoms with Gasteiger partial charge in [-0.05, 0) is 124 Å². The monoisotopic (exact) mass is 762 g/mol. The molecule has 3 amide bonds. The number of imide groups is 1. The summed E-state index contributed by atoms with van der Waals surface area (Å²) in [5.41, 5.74) is 13.1. The molecule has 4 N–H and O–H groups in total. The molecule has 0 saturated carbocycles. The maximum absolute atomic E-state index is 15.3. The number of carbonyl (C=O) groups is 3. The van der Waals surface area contributed by atoms with Gasteiger partial charge < -0.3 is 35.2 Å². The molecule has 1 aromatic heterocycles. The third kappa shape index (κ3) is 7.32. The van der Waals surface area contributed by atoms with Crippen molar-refractivity contribution in [2.45, 2.75) is 57.4 Å². The Morgan fingerprint density at radius 2 is 1.59 bits per heavy atom. The van der Waals surface area contributed by atoms with E-state index in [0.717, 1.165) is 99.5 Å². The van der Waals surface area contributed by atoms with Gasteiger partial charge in [0.2, 0.25) is 17.7 Å². The summed E-state index contributed by atoms with van der Waals surface area (Å²) >= 11 is 0. The highest BCUT2D eigenvalue weighted by Gasteiger charge is 2.30. The second kappa shape index (κ2) is 15.2. The average Bonchev–Trinajstić information content (AvgIpc) is 3.19. The number of amides is 3. The molecule has 12 nitrogen and oxygen atoms in total. The van der Waals surface area contributed by atoms with Crippen LogP contribution in [0, 0.1) is 18.7 Å². The molecule has 3 aromatic carbocycles. The van der Waals surface area contributed by atoms with Gasteiger partial charge in [0.05, 0.1) is 28.3 Å². The number of pyridine rings is 1. The lowest BCUT2D eigenvalue weighted by Crippen LogP contribution is -2.47. The summed E-state index contributed by atoms with van der Waals surface area (Å²) in [6.07, 6.45) is 4.65. The number of aryl methyl sites for hydroxylation is 2. The number of aromatic nitrogens is 1. The summed E-state index contributed by atoms with van der Waals surface area (Å²) in [4.78, 5) is 58.3. The number of halogens is 1. The number of piperidine rings is 3. The summed E-state index contributed by atoms with van der Waals surface area (Å²) in [7, 11) is 3.91. The van der Waals surface area contributed by atoms with Crippen molar-refractivity contribution in [2.75, 3.05) is 72.9 Å². The fourth-order valence-electron chi connectivity index (χ4n) is 9.19. The fourth-order valence-corrected chi connectivity index (χ4v) is 9.19. The van der Waals surface area contributed by atoms with Crippen molar-refractivity contribution in [3.63, 3.8) is 0 Å². The molecule has 0 spiro atoms. The maximum Gasteiger partial charge on any atom is 0.253 e.